The molecule has 0 aromatic heterocycles. The average Bonchev–Trinajstić information content (AvgIpc) is 2.95. The Kier molecular flexibility index (Phi) is 6.24. The third-order valence-corrected chi connectivity index (χ3v) is 4.37. The number of carbonyl (C=O) groups is 2. The van der Waals surface area contributed by atoms with E-state index < -0.39 is 6.36 Å². The zero-order chi connectivity index (χ0) is 21.7. The van der Waals surface area contributed by atoms with Gasteiger partial charge in [-0.25, -0.2) is 0 Å². The molecule has 0 saturated heterocycles. The van der Waals surface area contributed by atoms with Gasteiger partial charge < -0.3 is 15.4 Å². The second kappa shape index (κ2) is 8.85. The molecular weight excluding hydrogens is 401 g/mol. The van der Waals surface area contributed by atoms with E-state index in [1.165, 1.54) is 25.2 Å². The number of aliphatic imine (C=N–C) groups is 1. The Morgan fingerprint density at radius 2 is 1.60 bits per heavy atom. The van der Waals surface area contributed by atoms with E-state index in [-0.39, 0.29) is 42.8 Å². The van der Waals surface area contributed by atoms with Crippen LogP contribution >= 0.6 is 0 Å². The van der Waals surface area contributed by atoms with Crippen LogP contribution in [0.15, 0.2) is 53.5 Å². The number of nitrogens with one attached hydrogen (secondary N) is 2. The molecule has 7 nitrogen and oxygen atoms in total. The number of benzene rings is 2. The van der Waals surface area contributed by atoms with Crippen molar-refractivity contribution in [2.45, 2.75) is 12.9 Å². The van der Waals surface area contributed by atoms with Crippen LogP contribution in [-0.4, -0.2) is 49.2 Å². The van der Waals surface area contributed by atoms with Crippen LogP contribution in [-0.2, 0) is 6.54 Å². The van der Waals surface area contributed by atoms with Gasteiger partial charge in [0, 0.05) is 32.2 Å². The highest BCUT2D eigenvalue weighted by atomic mass is 19.4. The van der Waals surface area contributed by atoms with E-state index in [2.05, 4.69) is 20.4 Å². The van der Waals surface area contributed by atoms with Gasteiger partial charge in [0.1, 0.15) is 5.75 Å². The molecule has 2 aromatic carbocycles. The minimum absolute atomic E-state index is 0.0267. The van der Waals surface area contributed by atoms with Crippen LogP contribution in [0.3, 0.4) is 0 Å². The quantitative estimate of drug-likeness (QED) is 0.426. The fourth-order valence-electron chi connectivity index (χ4n) is 3.00. The van der Waals surface area contributed by atoms with Gasteiger partial charge in [0.05, 0.1) is 11.1 Å². The smallest absolute Gasteiger partial charge is 0.405 e. The molecule has 1 heterocycles. The highest BCUT2D eigenvalue weighted by Crippen LogP contribution is 2.26. The van der Waals surface area contributed by atoms with E-state index in [0.29, 0.717) is 17.1 Å². The maximum absolute atomic E-state index is 12.5. The molecule has 2 N–H and O–H groups in total. The molecule has 0 bridgehead atoms. The van der Waals surface area contributed by atoms with Gasteiger partial charge in [0.2, 0.25) is 0 Å². The maximum atomic E-state index is 12.5. The lowest BCUT2D eigenvalue weighted by Gasteiger charge is -2.17. The zero-order valence-electron chi connectivity index (χ0n) is 16.0. The fourth-order valence-corrected chi connectivity index (χ4v) is 3.00. The molecule has 0 unspecified atom stereocenters. The van der Waals surface area contributed by atoms with E-state index in [1.807, 2.05) is 0 Å². The average molecular weight is 420 g/mol. The minimum atomic E-state index is -4.79. The zero-order valence-corrected chi connectivity index (χ0v) is 16.0. The van der Waals surface area contributed by atoms with Crippen molar-refractivity contribution < 1.29 is 27.5 Å². The monoisotopic (exact) mass is 420 g/mol. The van der Waals surface area contributed by atoms with Crippen LogP contribution in [0.2, 0.25) is 0 Å². The molecular formula is C20H19F3N4O3. The van der Waals surface area contributed by atoms with Gasteiger partial charge >= 0.3 is 6.36 Å². The van der Waals surface area contributed by atoms with Crippen LogP contribution in [0, 0.1) is 0 Å². The highest BCUT2D eigenvalue weighted by molar-refractivity contribution is 6.21. The Hall–Kier alpha value is -3.56. The lowest BCUT2D eigenvalue weighted by Crippen LogP contribution is -2.42. The van der Waals surface area contributed by atoms with Crippen molar-refractivity contribution in [2.75, 3.05) is 20.1 Å². The summed E-state index contributed by atoms with van der Waals surface area (Å²) >= 11 is 0. The number of halogens is 3. The van der Waals surface area contributed by atoms with Gasteiger partial charge in [-0.3, -0.25) is 19.5 Å². The standard InChI is InChI=1S/C20H19F3N4O3/c1-24-19(26-12-13-6-2-5-9-16(13)30-20(21,22)23)25-10-11-27-17(28)14-7-3-4-8-15(14)18(27)29/h2-9H,10-12H2,1H3,(H2,24,25,26). The number of carbonyl (C=O) groups excluding carboxylic acids is 2. The number of fused-ring (bicyclic) bond motifs is 1. The third kappa shape index (κ3) is 4.88. The summed E-state index contributed by atoms with van der Waals surface area (Å²) in [5.41, 5.74) is 1.02. The summed E-state index contributed by atoms with van der Waals surface area (Å²) < 4.78 is 41.6. The number of ether oxygens (including phenoxy) is 1. The molecule has 0 saturated carbocycles. The molecule has 0 spiro atoms. The third-order valence-electron chi connectivity index (χ3n) is 4.37. The van der Waals surface area contributed by atoms with Crippen molar-refractivity contribution in [3.63, 3.8) is 0 Å². The van der Waals surface area contributed by atoms with Crippen LogP contribution in [0.1, 0.15) is 26.3 Å². The number of rotatable bonds is 6. The number of guanidine groups is 1. The Morgan fingerprint density at radius 1 is 1.00 bits per heavy atom. The molecule has 1 aliphatic rings. The molecule has 0 radical (unpaired) electrons. The number of hydrogen-bond acceptors (Lipinski definition) is 4. The Labute approximate surface area is 170 Å². The predicted molar refractivity (Wildman–Crippen MR) is 103 cm³/mol. The van der Waals surface area contributed by atoms with Gasteiger partial charge in [-0.1, -0.05) is 30.3 Å². The van der Waals surface area contributed by atoms with E-state index in [1.54, 1.807) is 30.3 Å². The second-order valence-corrected chi connectivity index (χ2v) is 6.32. The Morgan fingerprint density at radius 3 is 2.20 bits per heavy atom. The lowest BCUT2D eigenvalue weighted by atomic mass is 10.1. The molecule has 2 aromatic rings. The number of para-hydroxylation sites is 1. The van der Waals surface area contributed by atoms with Crippen LogP contribution in [0.4, 0.5) is 13.2 Å². The fraction of sp³-hybridized carbons (Fsp3) is 0.250. The first kappa shape index (κ1) is 21.2. The van der Waals surface area contributed by atoms with Gasteiger partial charge in [-0.05, 0) is 18.2 Å². The molecule has 0 fully saturated rings. The summed E-state index contributed by atoms with van der Waals surface area (Å²) in [7, 11) is 1.50. The summed E-state index contributed by atoms with van der Waals surface area (Å²) in [5, 5.41) is 5.81. The van der Waals surface area contributed by atoms with Crippen molar-refractivity contribution in [3.05, 3.63) is 65.2 Å². The molecule has 1 aliphatic heterocycles. The first-order valence-corrected chi connectivity index (χ1v) is 9.03. The maximum Gasteiger partial charge on any atom is 0.573 e. The number of nitrogens with zero attached hydrogens (tertiary/aromatic N) is 2. The van der Waals surface area contributed by atoms with E-state index in [9.17, 15) is 22.8 Å². The summed E-state index contributed by atoms with van der Waals surface area (Å²) in [4.78, 5) is 29.8. The topological polar surface area (TPSA) is 83.0 Å². The van der Waals surface area contributed by atoms with Gasteiger partial charge in [0.25, 0.3) is 11.8 Å². The molecule has 30 heavy (non-hydrogen) atoms. The molecule has 0 aliphatic carbocycles. The van der Waals surface area contributed by atoms with Crippen LogP contribution in [0.5, 0.6) is 5.75 Å². The van der Waals surface area contributed by atoms with Crippen molar-refractivity contribution in [3.8, 4) is 5.75 Å². The molecule has 158 valence electrons. The van der Waals surface area contributed by atoms with Crippen molar-refractivity contribution in [1.82, 2.24) is 15.5 Å². The molecule has 0 atom stereocenters. The Balaban J connectivity index is 1.53. The number of amides is 2. The van der Waals surface area contributed by atoms with E-state index in [4.69, 9.17) is 0 Å². The first-order chi connectivity index (χ1) is 14.3. The van der Waals surface area contributed by atoms with Crippen LogP contribution < -0.4 is 15.4 Å². The summed E-state index contributed by atoms with van der Waals surface area (Å²) in [6.45, 7) is 0.353. The Bertz CT molecular complexity index is 941. The summed E-state index contributed by atoms with van der Waals surface area (Å²) in [5.74, 6) is -0.732. The molecule has 3 rings (SSSR count). The van der Waals surface area contributed by atoms with Gasteiger partial charge in [0.15, 0.2) is 5.96 Å². The molecule has 10 heteroatoms. The van der Waals surface area contributed by atoms with E-state index in [0.717, 1.165) is 4.90 Å². The van der Waals surface area contributed by atoms with Crippen molar-refractivity contribution in [1.29, 1.82) is 0 Å². The van der Waals surface area contributed by atoms with Crippen molar-refractivity contribution >= 4 is 17.8 Å². The van der Waals surface area contributed by atoms with Gasteiger partial charge in [-0.15, -0.1) is 13.2 Å². The summed E-state index contributed by atoms with van der Waals surface area (Å²) in [6.07, 6.45) is -4.79. The number of hydrogen-bond donors (Lipinski definition) is 2. The van der Waals surface area contributed by atoms with Gasteiger partial charge in [-0.2, -0.15) is 0 Å². The largest absolute Gasteiger partial charge is 0.573 e. The van der Waals surface area contributed by atoms with E-state index >= 15 is 0 Å². The second-order valence-electron chi connectivity index (χ2n) is 6.32. The molecule has 2 amide bonds. The number of imide groups is 1. The minimum Gasteiger partial charge on any atom is -0.405 e. The highest BCUT2D eigenvalue weighted by Gasteiger charge is 2.34. The number of alkyl halides is 3. The SMILES string of the molecule is CN=C(NCCN1C(=O)c2ccccc2C1=O)NCc1ccccc1OC(F)(F)F. The normalized spacial score (nSPS) is 14.0. The first-order valence-electron chi connectivity index (χ1n) is 9.03. The lowest BCUT2D eigenvalue weighted by molar-refractivity contribution is -0.274. The predicted octanol–water partition coefficient (Wildman–Crippen LogP) is 2.55. The van der Waals surface area contributed by atoms with Crippen LogP contribution in [0.25, 0.3) is 0 Å². The summed E-state index contributed by atoms with van der Waals surface area (Å²) in [6, 6.07) is 12.4. The van der Waals surface area contributed by atoms with Crippen molar-refractivity contribution in [2.24, 2.45) is 4.99 Å².